The molecule has 0 heterocycles. The summed E-state index contributed by atoms with van der Waals surface area (Å²) in [6.45, 7) is 6.19. The normalized spacial score (nSPS) is 8.67. The molecule has 0 aliphatic heterocycles. The van der Waals surface area contributed by atoms with Crippen molar-refractivity contribution >= 4 is 12.6 Å². The van der Waals surface area contributed by atoms with Crippen LogP contribution in [0.4, 0.5) is 0 Å². The maximum absolute atomic E-state index is 4.20. The van der Waals surface area contributed by atoms with Crippen LogP contribution in [0.3, 0.4) is 0 Å². The fourth-order valence-electron chi connectivity index (χ4n) is 0.951. The van der Waals surface area contributed by atoms with Crippen molar-refractivity contribution in [2.45, 2.75) is 38.5 Å². The summed E-state index contributed by atoms with van der Waals surface area (Å²) < 4.78 is 0. The van der Waals surface area contributed by atoms with Crippen LogP contribution in [0.15, 0.2) is 29.2 Å². The molecule has 1 rings (SSSR count). The lowest BCUT2D eigenvalue weighted by molar-refractivity contribution is 0.920. The van der Waals surface area contributed by atoms with Gasteiger partial charge in [0.25, 0.3) is 0 Å². The van der Waals surface area contributed by atoms with Gasteiger partial charge in [0.15, 0.2) is 0 Å². The molecular weight excluding hydrogens is 164 g/mol. The maximum atomic E-state index is 4.20. The highest BCUT2D eigenvalue weighted by atomic mass is 32.1. The lowest BCUT2D eigenvalue weighted by Crippen LogP contribution is -1.80. The van der Waals surface area contributed by atoms with Gasteiger partial charge in [0, 0.05) is 4.90 Å². The van der Waals surface area contributed by atoms with Crippen molar-refractivity contribution in [2.75, 3.05) is 0 Å². The molecular formula is C11H18S. The first-order chi connectivity index (χ1) is 5.83. The smallest absolute Gasteiger partial charge is 0.00401 e. The lowest BCUT2D eigenvalue weighted by Gasteiger charge is -1.96. The molecule has 0 atom stereocenters. The van der Waals surface area contributed by atoms with Crippen LogP contribution in [0.1, 0.15) is 32.8 Å². The molecule has 0 nitrogen and oxygen atoms in total. The molecule has 1 aromatic rings. The summed E-state index contributed by atoms with van der Waals surface area (Å²) in [6.07, 6.45) is 2.39. The molecule has 12 heavy (non-hydrogen) atoms. The van der Waals surface area contributed by atoms with Gasteiger partial charge in [0.1, 0.15) is 0 Å². The van der Waals surface area contributed by atoms with E-state index in [4.69, 9.17) is 0 Å². The molecule has 0 N–H and O–H groups in total. The zero-order valence-electron chi connectivity index (χ0n) is 8.17. The van der Waals surface area contributed by atoms with Gasteiger partial charge in [-0.15, -0.1) is 12.6 Å². The second kappa shape index (κ2) is 7.23. The summed E-state index contributed by atoms with van der Waals surface area (Å²) in [6, 6.07) is 8.33. The van der Waals surface area contributed by atoms with Gasteiger partial charge in [-0.05, 0) is 24.1 Å². The minimum atomic E-state index is 1.04. The van der Waals surface area contributed by atoms with Crippen molar-refractivity contribution in [3.8, 4) is 0 Å². The number of hydrogen-bond donors (Lipinski definition) is 1. The van der Waals surface area contributed by atoms with Crippen LogP contribution in [0.5, 0.6) is 0 Å². The number of benzene rings is 1. The van der Waals surface area contributed by atoms with Crippen LogP contribution in [-0.2, 0) is 6.42 Å². The van der Waals surface area contributed by atoms with Gasteiger partial charge in [-0.3, -0.25) is 0 Å². The highest BCUT2D eigenvalue weighted by Crippen LogP contribution is 2.08. The minimum absolute atomic E-state index is 1.04. The second-order valence-electron chi connectivity index (χ2n) is 2.42. The van der Waals surface area contributed by atoms with Crippen molar-refractivity contribution in [1.29, 1.82) is 0 Å². The first kappa shape index (κ1) is 11.6. The van der Waals surface area contributed by atoms with Crippen molar-refractivity contribution in [3.05, 3.63) is 29.8 Å². The van der Waals surface area contributed by atoms with Crippen LogP contribution >= 0.6 is 12.6 Å². The van der Waals surface area contributed by atoms with Gasteiger partial charge in [0.2, 0.25) is 0 Å². The van der Waals surface area contributed by atoms with Crippen LogP contribution in [-0.4, -0.2) is 0 Å². The molecule has 0 bridgehead atoms. The summed E-state index contributed by atoms with van der Waals surface area (Å²) in [5.41, 5.74) is 1.40. The molecule has 0 aromatic heterocycles. The minimum Gasteiger partial charge on any atom is -0.143 e. The van der Waals surface area contributed by atoms with Gasteiger partial charge in [-0.2, -0.15) is 0 Å². The zero-order valence-corrected chi connectivity index (χ0v) is 9.07. The van der Waals surface area contributed by atoms with Crippen LogP contribution in [0, 0.1) is 0 Å². The Morgan fingerprint density at radius 2 is 1.58 bits per heavy atom. The molecule has 0 spiro atoms. The van der Waals surface area contributed by atoms with E-state index >= 15 is 0 Å². The van der Waals surface area contributed by atoms with Crippen LogP contribution in [0.2, 0.25) is 0 Å². The molecule has 0 saturated carbocycles. The highest BCUT2D eigenvalue weighted by Gasteiger charge is 1.88. The Balaban J connectivity index is 0.000000561. The number of thiol groups is 1. The van der Waals surface area contributed by atoms with E-state index in [1.54, 1.807) is 0 Å². The molecule has 68 valence electrons. The molecule has 0 radical (unpaired) electrons. The summed E-state index contributed by atoms with van der Waals surface area (Å²) in [5, 5.41) is 0. The van der Waals surface area contributed by atoms with Crippen molar-refractivity contribution in [3.63, 3.8) is 0 Å². The van der Waals surface area contributed by atoms with E-state index < -0.39 is 0 Å². The number of aryl methyl sites for hydroxylation is 1. The maximum Gasteiger partial charge on any atom is 0.00401 e. The van der Waals surface area contributed by atoms with E-state index in [-0.39, 0.29) is 0 Å². The molecule has 1 heteroatoms. The Morgan fingerprint density at radius 1 is 1.08 bits per heavy atom. The van der Waals surface area contributed by atoms with E-state index in [2.05, 4.69) is 31.7 Å². The van der Waals surface area contributed by atoms with E-state index in [1.165, 1.54) is 18.4 Å². The van der Waals surface area contributed by atoms with Gasteiger partial charge in [0.05, 0.1) is 0 Å². The fourth-order valence-corrected chi connectivity index (χ4v) is 1.10. The Kier molecular flexibility index (Phi) is 6.97. The third-order valence-electron chi connectivity index (χ3n) is 1.48. The van der Waals surface area contributed by atoms with Gasteiger partial charge >= 0.3 is 0 Å². The van der Waals surface area contributed by atoms with Crippen molar-refractivity contribution in [1.82, 2.24) is 0 Å². The molecule has 1 aromatic carbocycles. The number of rotatable bonds is 2. The third-order valence-corrected chi connectivity index (χ3v) is 1.77. The summed E-state index contributed by atoms with van der Waals surface area (Å²) in [5.74, 6) is 0. The second-order valence-corrected chi connectivity index (χ2v) is 2.93. The molecule has 0 amide bonds. The number of hydrogen-bond acceptors (Lipinski definition) is 1. The first-order valence-electron chi connectivity index (χ1n) is 4.61. The van der Waals surface area contributed by atoms with E-state index in [1.807, 2.05) is 26.0 Å². The standard InChI is InChI=1S/C9H12S.C2H6/c1-2-3-8-4-6-9(10)7-5-8;1-2/h4-7,10H,2-3H2,1H3;1-2H3. The van der Waals surface area contributed by atoms with Crippen LogP contribution < -0.4 is 0 Å². The van der Waals surface area contributed by atoms with Gasteiger partial charge in [-0.25, -0.2) is 0 Å². The summed E-state index contributed by atoms with van der Waals surface area (Å²) in [4.78, 5) is 1.04. The fraction of sp³-hybridized carbons (Fsp3) is 0.455. The average molecular weight is 182 g/mol. The summed E-state index contributed by atoms with van der Waals surface area (Å²) >= 11 is 4.20. The molecule has 0 saturated heterocycles. The topological polar surface area (TPSA) is 0 Å². The van der Waals surface area contributed by atoms with Crippen molar-refractivity contribution < 1.29 is 0 Å². The predicted molar refractivity (Wildman–Crippen MR) is 59.0 cm³/mol. The highest BCUT2D eigenvalue weighted by molar-refractivity contribution is 7.80. The molecule has 0 unspecified atom stereocenters. The molecule has 0 fully saturated rings. The van der Waals surface area contributed by atoms with E-state index in [0.29, 0.717) is 0 Å². The monoisotopic (exact) mass is 182 g/mol. The van der Waals surface area contributed by atoms with Crippen molar-refractivity contribution in [2.24, 2.45) is 0 Å². The summed E-state index contributed by atoms with van der Waals surface area (Å²) in [7, 11) is 0. The van der Waals surface area contributed by atoms with Gasteiger partial charge in [-0.1, -0.05) is 39.3 Å². The van der Waals surface area contributed by atoms with Gasteiger partial charge < -0.3 is 0 Å². The predicted octanol–water partition coefficient (Wildman–Crippen LogP) is 3.95. The Morgan fingerprint density at radius 3 is 2.00 bits per heavy atom. The lowest BCUT2D eigenvalue weighted by atomic mass is 10.1. The molecule has 0 aliphatic rings. The van der Waals surface area contributed by atoms with Crippen LogP contribution in [0.25, 0.3) is 0 Å². The Bertz CT molecular complexity index is 189. The van der Waals surface area contributed by atoms with E-state index in [0.717, 1.165) is 4.90 Å². The third kappa shape index (κ3) is 4.45. The first-order valence-corrected chi connectivity index (χ1v) is 5.05. The SMILES string of the molecule is CC.CCCc1ccc(S)cc1. The zero-order chi connectivity index (χ0) is 9.40. The Labute approximate surface area is 81.4 Å². The quantitative estimate of drug-likeness (QED) is 0.658. The van der Waals surface area contributed by atoms with E-state index in [9.17, 15) is 0 Å². The average Bonchev–Trinajstić information content (AvgIpc) is 2.13. The molecule has 0 aliphatic carbocycles. The Hall–Kier alpha value is -0.430. The largest absolute Gasteiger partial charge is 0.143 e.